The van der Waals surface area contributed by atoms with E-state index in [0.717, 1.165) is 95.2 Å². The number of para-hydroxylation sites is 4. The first-order chi connectivity index (χ1) is 30.0. The van der Waals surface area contributed by atoms with E-state index in [0.29, 0.717) is 22.3 Å². The van der Waals surface area contributed by atoms with Crippen LogP contribution >= 0.6 is 70.6 Å². The summed E-state index contributed by atoms with van der Waals surface area (Å²) in [4.78, 5) is 17.3. The van der Waals surface area contributed by atoms with Gasteiger partial charge in [-0.05, 0) is 22.3 Å². The zero-order valence-electron chi connectivity index (χ0n) is 35.3. The predicted molar refractivity (Wildman–Crippen MR) is 269 cm³/mol. The fraction of sp³-hybridized carbons (Fsp3) is 0.370. The molecule has 0 aliphatic heterocycles. The van der Waals surface area contributed by atoms with Gasteiger partial charge in [-0.25, -0.2) is 0 Å². The molecule has 4 aromatic rings. The fourth-order valence-corrected chi connectivity index (χ4v) is 10.5. The van der Waals surface area contributed by atoms with Crippen molar-refractivity contribution in [2.45, 2.75) is 6.92 Å². The first-order valence-electron chi connectivity index (χ1n) is 19.8. The Morgan fingerprint density at radius 3 is 0.746 bits per heavy atom. The summed E-state index contributed by atoms with van der Waals surface area (Å²) < 4.78 is 0. The third-order valence-electron chi connectivity index (χ3n) is 7.54. The molecule has 0 atom stereocenters. The molecule has 0 aliphatic rings. The van der Waals surface area contributed by atoms with Gasteiger partial charge in [-0.15, -0.1) is 23.0 Å². The minimum absolute atomic E-state index is 0. The van der Waals surface area contributed by atoms with Crippen molar-refractivity contribution in [3.05, 3.63) is 119 Å². The molecule has 0 aliphatic carbocycles. The number of benzene rings is 4. The van der Waals surface area contributed by atoms with Crippen molar-refractivity contribution >= 4 is 95.4 Å². The van der Waals surface area contributed by atoms with Crippen molar-refractivity contribution in [1.82, 2.24) is 0 Å². The number of hydrogen-bond donors (Lipinski definition) is 0. The molecule has 63 heavy (non-hydrogen) atoms. The Bertz CT molecular complexity index is 1650. The van der Waals surface area contributed by atoms with Crippen molar-refractivity contribution in [3.63, 3.8) is 0 Å². The number of thioether (sulfide) groups is 6. The number of nitrogens with zero attached hydrogens (tertiary/aromatic N) is 5. The van der Waals surface area contributed by atoms with Gasteiger partial charge in [-0.1, -0.05) is 97.1 Å². The molecular weight excluding hydrogens is 1090 g/mol. The molecule has 0 aromatic heterocycles. The Kier molecular flexibility index (Phi) is 42.0. The Hall–Kier alpha value is -2.33. The first kappa shape index (κ1) is 60.7. The monoisotopic (exact) mass is 1150 g/mol. The second-order valence-corrected chi connectivity index (χ2v) is 19.5. The molecule has 0 amide bonds. The van der Waals surface area contributed by atoms with Crippen LogP contribution in [0.15, 0.2) is 117 Å². The maximum Gasteiger partial charge on any atom is 2.00 e. The van der Waals surface area contributed by atoms with E-state index < -0.39 is 0 Å². The Labute approximate surface area is 428 Å². The van der Waals surface area contributed by atoms with Gasteiger partial charge in [0.05, 0.1) is 6.07 Å². The quantitative estimate of drug-likeness (QED) is 0.0311. The van der Waals surface area contributed by atoms with Gasteiger partial charge < -0.3 is 20.4 Å². The molecule has 0 saturated carbocycles. The molecule has 0 unspecified atom stereocenters. The molecule has 4 rings (SSSR count). The molecule has 9 nitrogen and oxygen atoms in total. The maximum atomic E-state index is 11.5. The molecule has 0 bridgehead atoms. The van der Waals surface area contributed by atoms with Crippen molar-refractivity contribution in [3.8, 4) is 29.1 Å². The van der Waals surface area contributed by atoms with Crippen LogP contribution in [0.3, 0.4) is 0 Å². The average molecular weight is 1150 g/mol. The number of hydrogen-bond acceptors (Lipinski definition) is 15. The minimum Gasteiger partial charge on any atom is -0.872 e. The third kappa shape index (κ3) is 32.9. The summed E-state index contributed by atoms with van der Waals surface area (Å²) in [5, 5.41) is 53.5. The molecular formula is C46H55N5O4Pd2S6. The Balaban J connectivity index is 0.00000111. The average Bonchev–Trinajstić information content (AvgIpc) is 3.26. The summed E-state index contributed by atoms with van der Waals surface area (Å²) in [6, 6.07) is 29.6. The number of aliphatic imine (C=N–C) groups is 4. The van der Waals surface area contributed by atoms with E-state index in [1.165, 1.54) is 6.92 Å². The molecule has 17 heteroatoms. The topological polar surface area (TPSA) is 165 Å². The third-order valence-corrected chi connectivity index (χ3v) is 14.4. The molecule has 0 fully saturated rings. The standard InChI is InChI=1S/2C22H28N2O2S3.C2H3N.2Pd/c2*25-21-7-3-1-5-19(21)17-23-9-11-27-13-15-29-16-14-28-12-10-24-18-20-6-2-4-8-22(20)26;1-2-3;;/h2*1-8,17-18,25-26H,9-16H2;1H3;;/q;;;2*+2/p-4. The summed E-state index contributed by atoms with van der Waals surface area (Å²) >= 11 is 11.6. The van der Waals surface area contributed by atoms with Crippen molar-refractivity contribution in [2.24, 2.45) is 20.0 Å². The second-order valence-electron chi connectivity index (χ2n) is 12.2. The summed E-state index contributed by atoms with van der Waals surface area (Å²) in [5.74, 6) is 13.1. The van der Waals surface area contributed by atoms with Crippen LogP contribution in [-0.2, 0) is 40.8 Å². The van der Waals surface area contributed by atoms with Crippen molar-refractivity contribution in [1.29, 1.82) is 5.26 Å². The minimum atomic E-state index is 0. The summed E-state index contributed by atoms with van der Waals surface area (Å²) in [5.41, 5.74) is 2.64. The van der Waals surface area contributed by atoms with Crippen LogP contribution in [0.1, 0.15) is 29.2 Å². The summed E-state index contributed by atoms with van der Waals surface area (Å²) in [6.45, 7) is 4.42. The van der Waals surface area contributed by atoms with E-state index in [1.807, 2.05) is 94.8 Å². The zero-order chi connectivity index (χ0) is 43.9. The zero-order valence-corrected chi connectivity index (χ0v) is 43.3. The fourth-order valence-electron chi connectivity index (χ4n) is 4.55. The first-order valence-corrected chi connectivity index (χ1v) is 26.7. The summed E-state index contributed by atoms with van der Waals surface area (Å²) in [7, 11) is 0. The molecule has 4 aromatic carbocycles. The molecule has 0 heterocycles. The van der Waals surface area contributed by atoms with Crippen LogP contribution in [0, 0.1) is 11.3 Å². The van der Waals surface area contributed by atoms with Crippen LogP contribution < -0.4 is 20.4 Å². The number of rotatable bonds is 28. The van der Waals surface area contributed by atoms with Crippen LogP contribution in [-0.4, -0.2) is 120 Å². The van der Waals surface area contributed by atoms with E-state index in [1.54, 1.807) is 104 Å². The van der Waals surface area contributed by atoms with Gasteiger partial charge in [-0.3, -0.25) is 20.0 Å². The van der Waals surface area contributed by atoms with Gasteiger partial charge in [0.25, 0.3) is 0 Å². The van der Waals surface area contributed by atoms with E-state index in [4.69, 9.17) is 5.26 Å². The van der Waals surface area contributed by atoms with Gasteiger partial charge >= 0.3 is 40.8 Å². The molecule has 0 radical (unpaired) electrons. The predicted octanol–water partition coefficient (Wildman–Crippen LogP) is 7.67. The SMILES string of the molecule is CC#N.[O-]c1ccccc1C=NCCSCCSCCSCCN=Cc1ccccc1[O-].[O-]c1ccccc1C=NCCSCCSCCSCCN=Cc1ccccc1[O-].[Pd+2].[Pd+2]. The summed E-state index contributed by atoms with van der Waals surface area (Å²) in [6.07, 6.45) is 6.72. The maximum absolute atomic E-state index is 11.5. The van der Waals surface area contributed by atoms with Crippen LogP contribution in [0.4, 0.5) is 0 Å². The van der Waals surface area contributed by atoms with E-state index >= 15 is 0 Å². The van der Waals surface area contributed by atoms with Crippen molar-refractivity contribution in [2.75, 3.05) is 95.2 Å². The van der Waals surface area contributed by atoms with Gasteiger partial charge in [0, 0.05) is 127 Å². The van der Waals surface area contributed by atoms with E-state index in [2.05, 4.69) is 20.0 Å². The molecule has 344 valence electrons. The smallest absolute Gasteiger partial charge is 0.872 e. The number of nitriles is 1. The van der Waals surface area contributed by atoms with Gasteiger partial charge in [0.1, 0.15) is 0 Å². The molecule has 0 N–H and O–H groups in total. The second kappa shape index (κ2) is 43.6. The van der Waals surface area contributed by atoms with Gasteiger partial charge in [-0.2, -0.15) is 75.8 Å². The van der Waals surface area contributed by atoms with E-state index in [-0.39, 0.29) is 63.8 Å². The van der Waals surface area contributed by atoms with Gasteiger partial charge in [0.15, 0.2) is 0 Å². The van der Waals surface area contributed by atoms with Crippen LogP contribution in [0.25, 0.3) is 0 Å². The van der Waals surface area contributed by atoms with Gasteiger partial charge in [0.2, 0.25) is 0 Å². The van der Waals surface area contributed by atoms with Crippen LogP contribution in [0.2, 0.25) is 0 Å². The Morgan fingerprint density at radius 2 is 0.556 bits per heavy atom. The normalized spacial score (nSPS) is 10.8. The van der Waals surface area contributed by atoms with Crippen LogP contribution in [0.5, 0.6) is 23.0 Å². The Morgan fingerprint density at radius 1 is 0.381 bits per heavy atom. The molecule has 0 saturated heterocycles. The van der Waals surface area contributed by atoms with Crippen molar-refractivity contribution < 1.29 is 61.3 Å². The molecule has 0 spiro atoms. The van der Waals surface area contributed by atoms with E-state index in [9.17, 15) is 20.4 Å². The largest absolute Gasteiger partial charge is 2.00 e.